The van der Waals surface area contributed by atoms with Gasteiger partial charge in [-0.1, -0.05) is 11.8 Å². The molecule has 1 aliphatic rings. The molecule has 0 bridgehead atoms. The fraction of sp³-hybridized carbons (Fsp3) is 0.500. The third-order valence-corrected chi connectivity index (χ3v) is 3.67. The first kappa shape index (κ1) is 9.89. The number of rotatable bonds is 1. The van der Waals surface area contributed by atoms with Crippen molar-refractivity contribution in [3.8, 4) is 0 Å². The molecule has 0 amide bonds. The summed E-state index contributed by atoms with van der Waals surface area (Å²) in [7, 11) is 0. The van der Waals surface area contributed by atoms with E-state index in [9.17, 15) is 4.79 Å². The maximum atomic E-state index is 12.1. The number of nitrogens with zero attached hydrogens (tertiary/aromatic N) is 4. The van der Waals surface area contributed by atoms with Crippen LogP contribution in [0.1, 0.15) is 19.9 Å². The Balaban J connectivity index is 2.39. The topological polar surface area (TPSA) is 52.7 Å². The Kier molecular flexibility index (Phi) is 2.07. The zero-order chi connectivity index (χ0) is 11.3. The molecule has 3 heterocycles. The van der Waals surface area contributed by atoms with Crippen LogP contribution in [-0.2, 0) is 6.54 Å². The highest BCUT2D eigenvalue weighted by Gasteiger charge is 2.19. The molecule has 0 aliphatic carbocycles. The fourth-order valence-electron chi connectivity index (χ4n) is 1.91. The molecule has 0 unspecified atom stereocenters. The molecule has 0 saturated heterocycles. The van der Waals surface area contributed by atoms with Crippen molar-refractivity contribution in [3.63, 3.8) is 0 Å². The molecule has 0 spiro atoms. The third-order valence-electron chi connectivity index (χ3n) is 2.71. The van der Waals surface area contributed by atoms with Crippen LogP contribution < -0.4 is 5.56 Å². The summed E-state index contributed by atoms with van der Waals surface area (Å²) in [6.07, 6.45) is 1.63. The van der Waals surface area contributed by atoms with Crippen LogP contribution in [0.15, 0.2) is 16.1 Å². The number of thioether (sulfide) groups is 1. The SMILES string of the molecule is CC(C)n1ncc2c(=O)n3c(nc21)SCC3. The highest BCUT2D eigenvalue weighted by molar-refractivity contribution is 7.99. The highest BCUT2D eigenvalue weighted by Crippen LogP contribution is 2.23. The van der Waals surface area contributed by atoms with Gasteiger partial charge >= 0.3 is 0 Å². The molecule has 0 fully saturated rings. The van der Waals surface area contributed by atoms with Gasteiger partial charge in [0.2, 0.25) is 0 Å². The molecule has 0 radical (unpaired) electrons. The van der Waals surface area contributed by atoms with Crippen molar-refractivity contribution < 1.29 is 0 Å². The van der Waals surface area contributed by atoms with E-state index in [2.05, 4.69) is 10.1 Å². The van der Waals surface area contributed by atoms with Gasteiger partial charge in [0.15, 0.2) is 10.8 Å². The van der Waals surface area contributed by atoms with Crippen molar-refractivity contribution in [2.45, 2.75) is 31.6 Å². The number of hydrogen-bond donors (Lipinski definition) is 0. The predicted molar refractivity (Wildman–Crippen MR) is 62.9 cm³/mol. The molecule has 84 valence electrons. The molecular formula is C10H12N4OS. The fourth-order valence-corrected chi connectivity index (χ4v) is 2.85. The summed E-state index contributed by atoms with van der Waals surface area (Å²) < 4.78 is 3.54. The molecule has 6 heteroatoms. The second-order valence-electron chi connectivity index (χ2n) is 4.12. The highest BCUT2D eigenvalue weighted by atomic mass is 32.2. The Labute approximate surface area is 96.5 Å². The lowest BCUT2D eigenvalue weighted by Crippen LogP contribution is -2.20. The van der Waals surface area contributed by atoms with Crippen LogP contribution >= 0.6 is 11.8 Å². The van der Waals surface area contributed by atoms with Crippen LogP contribution in [0.5, 0.6) is 0 Å². The van der Waals surface area contributed by atoms with Gasteiger partial charge in [0.1, 0.15) is 5.39 Å². The minimum Gasteiger partial charge on any atom is -0.286 e. The van der Waals surface area contributed by atoms with E-state index in [0.29, 0.717) is 11.0 Å². The summed E-state index contributed by atoms with van der Waals surface area (Å²) >= 11 is 1.63. The summed E-state index contributed by atoms with van der Waals surface area (Å²) in [6, 6.07) is 0.221. The van der Waals surface area contributed by atoms with Crippen molar-refractivity contribution in [2.24, 2.45) is 0 Å². The van der Waals surface area contributed by atoms with Crippen molar-refractivity contribution in [1.29, 1.82) is 0 Å². The first-order valence-electron chi connectivity index (χ1n) is 5.29. The van der Waals surface area contributed by atoms with Gasteiger partial charge in [-0.2, -0.15) is 5.10 Å². The van der Waals surface area contributed by atoms with Crippen molar-refractivity contribution in [3.05, 3.63) is 16.6 Å². The maximum Gasteiger partial charge on any atom is 0.265 e. The van der Waals surface area contributed by atoms with Crippen LogP contribution in [0, 0.1) is 0 Å². The van der Waals surface area contributed by atoms with E-state index in [0.717, 1.165) is 17.5 Å². The van der Waals surface area contributed by atoms with Gasteiger partial charge in [-0.3, -0.25) is 9.36 Å². The van der Waals surface area contributed by atoms with Gasteiger partial charge in [0, 0.05) is 18.3 Å². The first-order chi connectivity index (χ1) is 7.68. The lowest BCUT2D eigenvalue weighted by Gasteiger charge is -2.07. The van der Waals surface area contributed by atoms with E-state index >= 15 is 0 Å². The Bertz CT molecular complexity index is 613. The van der Waals surface area contributed by atoms with E-state index in [-0.39, 0.29) is 11.6 Å². The number of aromatic nitrogens is 4. The van der Waals surface area contributed by atoms with Gasteiger partial charge in [0.25, 0.3) is 5.56 Å². The summed E-state index contributed by atoms with van der Waals surface area (Å²) in [4.78, 5) is 16.6. The largest absolute Gasteiger partial charge is 0.286 e. The van der Waals surface area contributed by atoms with Gasteiger partial charge in [-0.05, 0) is 13.8 Å². The van der Waals surface area contributed by atoms with Crippen LogP contribution in [0.25, 0.3) is 11.0 Å². The Morgan fingerprint density at radius 3 is 3.06 bits per heavy atom. The standard InChI is InChI=1S/C10H12N4OS/c1-6(2)14-8-7(5-11-14)9(15)13-3-4-16-10(13)12-8/h5-6H,3-4H2,1-2H3. The van der Waals surface area contributed by atoms with Gasteiger partial charge in [-0.15, -0.1) is 0 Å². The van der Waals surface area contributed by atoms with Crippen molar-refractivity contribution >= 4 is 22.8 Å². The molecule has 16 heavy (non-hydrogen) atoms. The molecule has 0 aromatic carbocycles. The summed E-state index contributed by atoms with van der Waals surface area (Å²) in [6.45, 7) is 4.83. The Morgan fingerprint density at radius 1 is 1.50 bits per heavy atom. The zero-order valence-corrected chi connectivity index (χ0v) is 9.99. The van der Waals surface area contributed by atoms with Crippen LogP contribution in [0.3, 0.4) is 0 Å². The average Bonchev–Trinajstić information content (AvgIpc) is 2.83. The van der Waals surface area contributed by atoms with Crippen LogP contribution in [0.4, 0.5) is 0 Å². The van der Waals surface area contributed by atoms with Gasteiger partial charge < -0.3 is 0 Å². The second kappa shape index (κ2) is 3.35. The molecule has 3 rings (SSSR count). The second-order valence-corrected chi connectivity index (χ2v) is 5.18. The van der Waals surface area contributed by atoms with Crippen molar-refractivity contribution in [1.82, 2.24) is 19.3 Å². The molecular weight excluding hydrogens is 224 g/mol. The predicted octanol–water partition coefficient (Wildman–Crippen LogP) is 1.28. The molecule has 1 aliphatic heterocycles. The first-order valence-corrected chi connectivity index (χ1v) is 6.28. The molecule has 0 saturated carbocycles. The summed E-state index contributed by atoms with van der Waals surface area (Å²) in [5.74, 6) is 0.934. The molecule has 0 N–H and O–H groups in total. The van der Waals surface area contributed by atoms with Gasteiger partial charge in [0.05, 0.1) is 6.20 Å². The Morgan fingerprint density at radius 2 is 2.31 bits per heavy atom. The number of fused-ring (bicyclic) bond motifs is 2. The Hall–Kier alpha value is -1.30. The van der Waals surface area contributed by atoms with E-state index in [1.54, 1.807) is 27.2 Å². The summed E-state index contributed by atoms with van der Waals surface area (Å²) in [5, 5.41) is 5.67. The van der Waals surface area contributed by atoms with E-state index in [4.69, 9.17) is 0 Å². The zero-order valence-electron chi connectivity index (χ0n) is 9.17. The van der Waals surface area contributed by atoms with E-state index < -0.39 is 0 Å². The van der Waals surface area contributed by atoms with Crippen LogP contribution in [0.2, 0.25) is 0 Å². The average molecular weight is 236 g/mol. The van der Waals surface area contributed by atoms with E-state index in [1.165, 1.54) is 0 Å². The molecule has 5 nitrogen and oxygen atoms in total. The third kappa shape index (κ3) is 1.22. The maximum absolute atomic E-state index is 12.1. The minimum atomic E-state index is 0.0388. The quantitative estimate of drug-likeness (QED) is 0.700. The molecule has 0 atom stereocenters. The summed E-state index contributed by atoms with van der Waals surface area (Å²) in [5.41, 5.74) is 0.748. The molecule has 2 aromatic rings. The van der Waals surface area contributed by atoms with E-state index in [1.807, 2.05) is 13.8 Å². The normalized spacial score (nSPS) is 14.9. The lowest BCUT2D eigenvalue weighted by atomic mass is 10.4. The molecule has 2 aromatic heterocycles. The monoisotopic (exact) mass is 236 g/mol. The minimum absolute atomic E-state index is 0.0388. The lowest BCUT2D eigenvalue weighted by molar-refractivity contribution is 0.542. The number of hydrogen-bond acceptors (Lipinski definition) is 4. The smallest absolute Gasteiger partial charge is 0.265 e. The van der Waals surface area contributed by atoms with Gasteiger partial charge in [-0.25, -0.2) is 9.67 Å². The van der Waals surface area contributed by atoms with Crippen molar-refractivity contribution in [2.75, 3.05) is 5.75 Å². The van der Waals surface area contributed by atoms with Crippen LogP contribution in [-0.4, -0.2) is 25.1 Å².